The summed E-state index contributed by atoms with van der Waals surface area (Å²) in [7, 11) is 0. The van der Waals surface area contributed by atoms with E-state index in [0.29, 0.717) is 15.6 Å². The number of halogens is 4. The van der Waals surface area contributed by atoms with Crippen molar-refractivity contribution < 1.29 is 4.39 Å². The third-order valence-electron chi connectivity index (χ3n) is 2.70. The Labute approximate surface area is 134 Å². The molecule has 3 N–H and O–H groups in total. The number of hydrazine groups is 1. The van der Waals surface area contributed by atoms with Crippen LogP contribution < -0.4 is 11.3 Å². The normalized spacial score (nSPS) is 12.5. The summed E-state index contributed by atoms with van der Waals surface area (Å²) in [6, 6.07) is 9.20. The molecule has 1 unspecified atom stereocenters. The van der Waals surface area contributed by atoms with Gasteiger partial charge in [0.2, 0.25) is 0 Å². The number of nitrogens with one attached hydrogen (secondary N) is 1. The predicted octanol–water partition coefficient (Wildman–Crippen LogP) is 4.29. The first kappa shape index (κ1) is 15.0. The third-order valence-corrected chi connectivity index (χ3v) is 4.27. The molecule has 2 nitrogen and oxygen atoms in total. The molecule has 0 saturated carbocycles. The minimum Gasteiger partial charge on any atom is -0.271 e. The Morgan fingerprint density at radius 3 is 2.53 bits per heavy atom. The predicted molar refractivity (Wildman–Crippen MR) is 84.7 cm³/mol. The van der Waals surface area contributed by atoms with Gasteiger partial charge in [0.05, 0.1) is 6.04 Å². The van der Waals surface area contributed by atoms with Gasteiger partial charge in [-0.2, -0.15) is 0 Å². The van der Waals surface area contributed by atoms with Crippen LogP contribution in [0.5, 0.6) is 0 Å². The SMILES string of the molecule is NNC(c1cc(F)ccc1Cl)c1cc(Cl)ccc1I. The molecule has 0 radical (unpaired) electrons. The lowest BCUT2D eigenvalue weighted by atomic mass is 9.99. The maximum atomic E-state index is 13.4. The summed E-state index contributed by atoms with van der Waals surface area (Å²) in [5.41, 5.74) is 4.08. The fourth-order valence-electron chi connectivity index (χ4n) is 1.82. The van der Waals surface area contributed by atoms with Gasteiger partial charge in [0, 0.05) is 13.6 Å². The summed E-state index contributed by atoms with van der Waals surface area (Å²) < 4.78 is 14.3. The fraction of sp³-hybridized carbons (Fsp3) is 0.0769. The first-order valence-electron chi connectivity index (χ1n) is 5.39. The number of hydrogen-bond acceptors (Lipinski definition) is 2. The van der Waals surface area contributed by atoms with Crippen LogP contribution in [-0.2, 0) is 0 Å². The monoisotopic (exact) mass is 410 g/mol. The summed E-state index contributed by atoms with van der Waals surface area (Å²) in [6.45, 7) is 0. The largest absolute Gasteiger partial charge is 0.271 e. The molecule has 0 fully saturated rings. The highest BCUT2D eigenvalue weighted by molar-refractivity contribution is 14.1. The second-order valence-electron chi connectivity index (χ2n) is 3.93. The molecular formula is C13H10Cl2FIN2. The van der Waals surface area contributed by atoms with Crippen molar-refractivity contribution in [1.82, 2.24) is 5.43 Å². The lowest BCUT2D eigenvalue weighted by molar-refractivity contribution is 0.604. The van der Waals surface area contributed by atoms with Gasteiger partial charge in [0.25, 0.3) is 0 Å². The molecule has 0 saturated heterocycles. The van der Waals surface area contributed by atoms with Gasteiger partial charge < -0.3 is 0 Å². The minimum atomic E-state index is -0.422. The molecule has 0 aliphatic heterocycles. The molecule has 0 heterocycles. The van der Waals surface area contributed by atoms with E-state index in [1.807, 2.05) is 6.07 Å². The molecule has 0 bridgehead atoms. The molecule has 0 amide bonds. The van der Waals surface area contributed by atoms with E-state index < -0.39 is 6.04 Å². The average molecular weight is 411 g/mol. The van der Waals surface area contributed by atoms with Gasteiger partial charge in [0.15, 0.2) is 0 Å². The highest BCUT2D eigenvalue weighted by Crippen LogP contribution is 2.32. The molecule has 2 aromatic rings. The second kappa shape index (κ2) is 6.37. The molecule has 19 heavy (non-hydrogen) atoms. The topological polar surface area (TPSA) is 38.0 Å². The van der Waals surface area contributed by atoms with Crippen molar-refractivity contribution >= 4 is 45.8 Å². The quantitative estimate of drug-likeness (QED) is 0.450. The van der Waals surface area contributed by atoms with Crippen LogP contribution in [0.25, 0.3) is 0 Å². The molecule has 2 rings (SSSR count). The Morgan fingerprint density at radius 1 is 1.11 bits per heavy atom. The Hall–Kier alpha value is -0.400. The van der Waals surface area contributed by atoms with Crippen LogP contribution in [0.3, 0.4) is 0 Å². The smallest absolute Gasteiger partial charge is 0.123 e. The maximum Gasteiger partial charge on any atom is 0.123 e. The van der Waals surface area contributed by atoms with E-state index in [2.05, 4.69) is 28.0 Å². The summed E-state index contributed by atoms with van der Waals surface area (Å²) in [5.74, 6) is 5.23. The minimum absolute atomic E-state index is 0.364. The van der Waals surface area contributed by atoms with Crippen LogP contribution in [-0.4, -0.2) is 0 Å². The first-order valence-corrected chi connectivity index (χ1v) is 7.22. The highest BCUT2D eigenvalue weighted by atomic mass is 127. The van der Waals surface area contributed by atoms with Crippen LogP contribution in [0, 0.1) is 9.39 Å². The van der Waals surface area contributed by atoms with Crippen molar-refractivity contribution in [3.8, 4) is 0 Å². The van der Waals surface area contributed by atoms with Crippen molar-refractivity contribution in [3.05, 3.63) is 67.0 Å². The highest BCUT2D eigenvalue weighted by Gasteiger charge is 2.19. The average Bonchev–Trinajstić information content (AvgIpc) is 2.38. The molecule has 0 aliphatic rings. The lowest BCUT2D eigenvalue weighted by Crippen LogP contribution is -2.29. The Bertz CT molecular complexity index is 556. The van der Waals surface area contributed by atoms with E-state index in [1.54, 1.807) is 12.1 Å². The molecule has 100 valence electrons. The first-order chi connectivity index (χ1) is 9.02. The zero-order valence-corrected chi connectivity index (χ0v) is 13.3. The van der Waals surface area contributed by atoms with E-state index in [1.165, 1.54) is 18.2 Å². The van der Waals surface area contributed by atoms with Gasteiger partial charge in [0.1, 0.15) is 5.82 Å². The van der Waals surface area contributed by atoms with E-state index in [4.69, 9.17) is 29.0 Å². The zero-order valence-electron chi connectivity index (χ0n) is 9.63. The molecule has 6 heteroatoms. The number of hydrogen-bond donors (Lipinski definition) is 2. The lowest BCUT2D eigenvalue weighted by Gasteiger charge is -2.20. The Kier molecular flexibility index (Phi) is 5.03. The van der Waals surface area contributed by atoms with Crippen LogP contribution in [0.4, 0.5) is 4.39 Å². The zero-order chi connectivity index (χ0) is 14.0. The van der Waals surface area contributed by atoms with Gasteiger partial charge in [-0.25, -0.2) is 9.82 Å². The van der Waals surface area contributed by atoms with Gasteiger partial charge >= 0.3 is 0 Å². The van der Waals surface area contributed by atoms with Crippen molar-refractivity contribution in [2.45, 2.75) is 6.04 Å². The van der Waals surface area contributed by atoms with Crippen molar-refractivity contribution in [3.63, 3.8) is 0 Å². The molecule has 2 aromatic carbocycles. The second-order valence-corrected chi connectivity index (χ2v) is 5.94. The van der Waals surface area contributed by atoms with Crippen LogP contribution in [0.1, 0.15) is 17.2 Å². The molecular weight excluding hydrogens is 401 g/mol. The van der Waals surface area contributed by atoms with E-state index in [9.17, 15) is 4.39 Å². The number of rotatable bonds is 3. The Balaban J connectivity index is 2.55. The molecule has 0 aromatic heterocycles. The third kappa shape index (κ3) is 3.38. The van der Waals surface area contributed by atoms with Gasteiger partial charge in [-0.3, -0.25) is 5.84 Å². The summed E-state index contributed by atoms with van der Waals surface area (Å²) in [5, 5.41) is 1.03. The summed E-state index contributed by atoms with van der Waals surface area (Å²) in [4.78, 5) is 0. The van der Waals surface area contributed by atoms with E-state index in [-0.39, 0.29) is 5.82 Å². The molecule has 0 spiro atoms. The van der Waals surface area contributed by atoms with Crippen molar-refractivity contribution in [2.75, 3.05) is 0 Å². The molecule has 0 aliphatic carbocycles. The number of nitrogens with two attached hydrogens (primary N) is 1. The summed E-state index contributed by atoms with van der Waals surface area (Å²) in [6.07, 6.45) is 0. The van der Waals surface area contributed by atoms with E-state index >= 15 is 0 Å². The van der Waals surface area contributed by atoms with Crippen LogP contribution in [0.2, 0.25) is 10.0 Å². The Morgan fingerprint density at radius 2 is 1.84 bits per heavy atom. The molecule has 1 atom stereocenters. The van der Waals surface area contributed by atoms with Gasteiger partial charge in [-0.05, 0) is 70.1 Å². The van der Waals surface area contributed by atoms with Crippen molar-refractivity contribution in [1.29, 1.82) is 0 Å². The van der Waals surface area contributed by atoms with E-state index in [0.717, 1.165) is 9.13 Å². The fourth-order valence-corrected chi connectivity index (χ4v) is 2.87. The van der Waals surface area contributed by atoms with Crippen LogP contribution in [0.15, 0.2) is 36.4 Å². The number of benzene rings is 2. The van der Waals surface area contributed by atoms with Crippen LogP contribution >= 0.6 is 45.8 Å². The standard InChI is InChI=1S/C13H10Cl2FIN2/c14-7-1-4-12(17)10(5-7)13(19-18)9-6-8(16)2-3-11(9)15/h1-6,13,19H,18H2. The maximum absolute atomic E-state index is 13.4. The van der Waals surface area contributed by atoms with Gasteiger partial charge in [-0.1, -0.05) is 23.2 Å². The summed E-state index contributed by atoms with van der Waals surface area (Å²) >= 11 is 14.3. The van der Waals surface area contributed by atoms with Crippen molar-refractivity contribution in [2.24, 2.45) is 5.84 Å². The van der Waals surface area contributed by atoms with Gasteiger partial charge in [-0.15, -0.1) is 0 Å².